The Morgan fingerprint density at radius 3 is 2.25 bits per heavy atom. The van der Waals surface area contributed by atoms with Crippen molar-refractivity contribution < 1.29 is 0 Å². The molecule has 0 aromatic carbocycles. The Bertz CT molecular complexity index is 313. The fraction of sp³-hybridized carbons (Fsp3) is 0.765. The molecule has 0 saturated heterocycles. The third-order valence-corrected chi connectivity index (χ3v) is 3.81. The summed E-state index contributed by atoms with van der Waals surface area (Å²) in [6, 6.07) is 2.51. The maximum absolute atomic E-state index is 3.98. The normalized spacial score (nSPS) is 12.5. The SMILES string of the molecule is CCCCCCCCCCC(NCC)c1ccnnc1. The summed E-state index contributed by atoms with van der Waals surface area (Å²) in [5, 5.41) is 11.4. The van der Waals surface area contributed by atoms with Crippen LogP contribution in [-0.4, -0.2) is 16.7 Å². The van der Waals surface area contributed by atoms with E-state index in [1.807, 2.05) is 6.20 Å². The Hall–Kier alpha value is -0.960. The first kappa shape index (κ1) is 17.1. The minimum absolute atomic E-state index is 0.440. The van der Waals surface area contributed by atoms with Gasteiger partial charge in [0.25, 0.3) is 0 Å². The van der Waals surface area contributed by atoms with Gasteiger partial charge in [-0.1, -0.05) is 65.2 Å². The van der Waals surface area contributed by atoms with Crippen LogP contribution in [0, 0.1) is 0 Å². The van der Waals surface area contributed by atoms with Crippen molar-refractivity contribution in [3.63, 3.8) is 0 Å². The monoisotopic (exact) mass is 277 g/mol. The summed E-state index contributed by atoms with van der Waals surface area (Å²) in [5.74, 6) is 0. The van der Waals surface area contributed by atoms with Crippen molar-refractivity contribution >= 4 is 0 Å². The molecule has 1 unspecified atom stereocenters. The molecule has 1 aromatic heterocycles. The van der Waals surface area contributed by atoms with Crippen LogP contribution < -0.4 is 5.32 Å². The van der Waals surface area contributed by atoms with Crippen LogP contribution in [0.1, 0.15) is 83.2 Å². The summed E-state index contributed by atoms with van der Waals surface area (Å²) in [6.45, 7) is 5.44. The van der Waals surface area contributed by atoms with E-state index in [4.69, 9.17) is 0 Å². The summed E-state index contributed by atoms with van der Waals surface area (Å²) in [6.07, 6.45) is 15.9. The van der Waals surface area contributed by atoms with Crippen LogP contribution in [0.5, 0.6) is 0 Å². The quantitative estimate of drug-likeness (QED) is 0.565. The van der Waals surface area contributed by atoms with Crippen molar-refractivity contribution in [1.82, 2.24) is 15.5 Å². The highest BCUT2D eigenvalue weighted by Gasteiger charge is 2.09. The van der Waals surface area contributed by atoms with E-state index in [9.17, 15) is 0 Å². The predicted octanol–water partition coefficient (Wildman–Crippen LogP) is 4.66. The van der Waals surface area contributed by atoms with Crippen molar-refractivity contribution in [3.8, 4) is 0 Å². The second-order valence-electron chi connectivity index (χ2n) is 5.55. The van der Waals surface area contributed by atoms with Gasteiger partial charge in [0, 0.05) is 12.2 Å². The lowest BCUT2D eigenvalue weighted by Crippen LogP contribution is -2.21. The number of nitrogens with zero attached hydrogens (tertiary/aromatic N) is 2. The van der Waals surface area contributed by atoms with Crippen LogP contribution in [0.4, 0.5) is 0 Å². The van der Waals surface area contributed by atoms with E-state index in [-0.39, 0.29) is 0 Å². The molecule has 0 fully saturated rings. The highest BCUT2D eigenvalue weighted by Crippen LogP contribution is 2.19. The first-order valence-corrected chi connectivity index (χ1v) is 8.38. The third kappa shape index (κ3) is 7.59. The van der Waals surface area contributed by atoms with E-state index < -0.39 is 0 Å². The molecule has 0 saturated carbocycles. The van der Waals surface area contributed by atoms with Crippen molar-refractivity contribution in [3.05, 3.63) is 24.0 Å². The van der Waals surface area contributed by atoms with Gasteiger partial charge < -0.3 is 5.32 Å². The Balaban J connectivity index is 2.14. The largest absolute Gasteiger partial charge is 0.310 e. The molecule has 0 amide bonds. The van der Waals surface area contributed by atoms with E-state index in [0.29, 0.717) is 6.04 Å². The lowest BCUT2D eigenvalue weighted by atomic mass is 10.0. The van der Waals surface area contributed by atoms with Crippen molar-refractivity contribution in [2.75, 3.05) is 6.54 Å². The number of aromatic nitrogens is 2. The number of hydrogen-bond acceptors (Lipinski definition) is 3. The first-order chi connectivity index (χ1) is 9.88. The highest BCUT2D eigenvalue weighted by atomic mass is 15.1. The van der Waals surface area contributed by atoms with E-state index >= 15 is 0 Å². The van der Waals surface area contributed by atoms with Gasteiger partial charge in [0.2, 0.25) is 0 Å². The fourth-order valence-electron chi connectivity index (χ4n) is 2.62. The molecule has 1 rings (SSSR count). The molecule has 1 heterocycles. The maximum atomic E-state index is 3.98. The molecule has 3 heteroatoms. The standard InChI is InChI=1S/C17H31N3/c1-3-5-6-7-8-9-10-11-12-17(18-4-2)16-13-14-19-20-15-16/h13-15,17-18H,3-12H2,1-2H3. The molecule has 0 aliphatic carbocycles. The fourth-order valence-corrected chi connectivity index (χ4v) is 2.62. The Morgan fingerprint density at radius 2 is 1.65 bits per heavy atom. The van der Waals surface area contributed by atoms with Gasteiger partial charge in [0.1, 0.15) is 0 Å². The topological polar surface area (TPSA) is 37.8 Å². The molecule has 0 spiro atoms. The van der Waals surface area contributed by atoms with Crippen molar-refractivity contribution in [2.24, 2.45) is 0 Å². The van der Waals surface area contributed by atoms with Crippen molar-refractivity contribution in [1.29, 1.82) is 0 Å². The maximum Gasteiger partial charge on any atom is 0.0544 e. The van der Waals surface area contributed by atoms with E-state index in [2.05, 4.69) is 35.4 Å². The zero-order chi connectivity index (χ0) is 14.5. The number of unbranched alkanes of at least 4 members (excludes halogenated alkanes) is 7. The van der Waals surface area contributed by atoms with Crippen LogP contribution in [0.2, 0.25) is 0 Å². The van der Waals surface area contributed by atoms with Gasteiger partial charge in [-0.3, -0.25) is 0 Å². The summed E-state index contributed by atoms with van der Waals surface area (Å²) in [4.78, 5) is 0. The molecule has 0 bridgehead atoms. The molecule has 20 heavy (non-hydrogen) atoms. The lowest BCUT2D eigenvalue weighted by Gasteiger charge is -2.17. The molecule has 0 aliphatic heterocycles. The van der Waals surface area contributed by atoms with Crippen LogP contribution in [0.25, 0.3) is 0 Å². The molecule has 1 aromatic rings. The van der Waals surface area contributed by atoms with Gasteiger partial charge in [-0.2, -0.15) is 10.2 Å². The first-order valence-electron chi connectivity index (χ1n) is 8.38. The number of nitrogens with one attached hydrogen (secondary N) is 1. The second kappa shape index (κ2) is 11.8. The van der Waals surface area contributed by atoms with E-state index in [1.165, 1.54) is 63.4 Å². The molecule has 1 atom stereocenters. The number of hydrogen-bond donors (Lipinski definition) is 1. The summed E-state index contributed by atoms with van der Waals surface area (Å²) in [5.41, 5.74) is 1.27. The molecule has 1 N–H and O–H groups in total. The third-order valence-electron chi connectivity index (χ3n) is 3.81. The minimum atomic E-state index is 0.440. The van der Waals surface area contributed by atoms with Gasteiger partial charge in [0.05, 0.1) is 6.20 Å². The van der Waals surface area contributed by atoms with Crippen LogP contribution in [0.3, 0.4) is 0 Å². The highest BCUT2D eigenvalue weighted by molar-refractivity contribution is 5.11. The summed E-state index contributed by atoms with van der Waals surface area (Å²) in [7, 11) is 0. The molecule has 114 valence electrons. The van der Waals surface area contributed by atoms with Crippen LogP contribution in [0.15, 0.2) is 18.5 Å². The Morgan fingerprint density at radius 1 is 0.950 bits per heavy atom. The Kier molecular flexibility index (Phi) is 10.1. The summed E-state index contributed by atoms with van der Waals surface area (Å²) >= 11 is 0. The van der Waals surface area contributed by atoms with E-state index in [1.54, 1.807) is 6.20 Å². The van der Waals surface area contributed by atoms with Gasteiger partial charge in [0.15, 0.2) is 0 Å². The zero-order valence-corrected chi connectivity index (χ0v) is 13.3. The van der Waals surface area contributed by atoms with Gasteiger partial charge in [-0.25, -0.2) is 0 Å². The average Bonchev–Trinajstić information content (AvgIpc) is 2.50. The lowest BCUT2D eigenvalue weighted by molar-refractivity contribution is 0.473. The van der Waals surface area contributed by atoms with Gasteiger partial charge >= 0.3 is 0 Å². The summed E-state index contributed by atoms with van der Waals surface area (Å²) < 4.78 is 0. The second-order valence-corrected chi connectivity index (χ2v) is 5.55. The molecule has 3 nitrogen and oxygen atoms in total. The molecule has 0 radical (unpaired) electrons. The molecular formula is C17H31N3. The Labute approximate surface area is 124 Å². The van der Waals surface area contributed by atoms with Gasteiger partial charge in [-0.15, -0.1) is 0 Å². The van der Waals surface area contributed by atoms with Crippen LogP contribution >= 0.6 is 0 Å². The van der Waals surface area contributed by atoms with Gasteiger partial charge in [-0.05, 0) is 24.6 Å². The smallest absolute Gasteiger partial charge is 0.0544 e. The average molecular weight is 277 g/mol. The molecule has 0 aliphatic rings. The van der Waals surface area contributed by atoms with Crippen molar-refractivity contribution in [2.45, 2.75) is 77.7 Å². The minimum Gasteiger partial charge on any atom is -0.310 e. The van der Waals surface area contributed by atoms with E-state index in [0.717, 1.165) is 6.54 Å². The molecular weight excluding hydrogens is 246 g/mol. The predicted molar refractivity (Wildman–Crippen MR) is 85.7 cm³/mol. The number of rotatable bonds is 12. The van der Waals surface area contributed by atoms with Crippen LogP contribution in [-0.2, 0) is 0 Å². The zero-order valence-electron chi connectivity index (χ0n) is 13.3.